The molecule has 33 heavy (non-hydrogen) atoms. The number of rotatable bonds is 8. The number of aromatic nitrogens is 2. The highest BCUT2D eigenvalue weighted by Crippen LogP contribution is 2.30. The van der Waals surface area contributed by atoms with E-state index in [1.165, 1.54) is 4.88 Å². The number of fused-ring (bicyclic) bond motifs is 2. The molecular formula is C26H25N3O3S. The van der Waals surface area contributed by atoms with Crippen molar-refractivity contribution in [1.82, 2.24) is 14.9 Å². The quantitative estimate of drug-likeness (QED) is 0.334. The summed E-state index contributed by atoms with van der Waals surface area (Å²) < 4.78 is 12.7. The van der Waals surface area contributed by atoms with Gasteiger partial charge < -0.3 is 14.5 Å². The zero-order valence-electron chi connectivity index (χ0n) is 18.6. The third-order valence-corrected chi connectivity index (χ3v) is 7.23. The van der Waals surface area contributed by atoms with Gasteiger partial charge in [0.15, 0.2) is 0 Å². The van der Waals surface area contributed by atoms with E-state index in [2.05, 4.69) is 22.4 Å². The highest BCUT2D eigenvalue weighted by atomic mass is 32.1. The van der Waals surface area contributed by atoms with Gasteiger partial charge in [0.05, 0.1) is 38.2 Å². The lowest BCUT2D eigenvalue weighted by molar-refractivity contribution is 0.409. The smallest absolute Gasteiger partial charge is 0.262 e. The molecule has 3 aromatic heterocycles. The van der Waals surface area contributed by atoms with E-state index in [1.54, 1.807) is 35.6 Å². The molecule has 5 rings (SSSR count). The van der Waals surface area contributed by atoms with Crippen molar-refractivity contribution in [2.45, 2.75) is 26.4 Å². The van der Waals surface area contributed by atoms with E-state index in [0.29, 0.717) is 18.5 Å². The van der Waals surface area contributed by atoms with Crippen LogP contribution in [-0.4, -0.2) is 23.2 Å². The Balaban J connectivity index is 1.43. The number of furan rings is 1. The lowest BCUT2D eigenvalue weighted by atomic mass is 10.0. The first-order valence-corrected chi connectivity index (χ1v) is 11.7. The maximum absolute atomic E-state index is 13.4. The van der Waals surface area contributed by atoms with Crippen molar-refractivity contribution >= 4 is 32.3 Å². The molecule has 0 aliphatic rings. The van der Waals surface area contributed by atoms with Crippen LogP contribution in [0.4, 0.5) is 0 Å². The predicted molar refractivity (Wildman–Crippen MR) is 132 cm³/mol. The Kier molecular flexibility index (Phi) is 5.98. The number of benzene rings is 2. The van der Waals surface area contributed by atoms with E-state index in [1.807, 2.05) is 43.3 Å². The van der Waals surface area contributed by atoms with Crippen LogP contribution in [0.15, 0.2) is 70.3 Å². The summed E-state index contributed by atoms with van der Waals surface area (Å²) in [5.41, 5.74) is 1.99. The van der Waals surface area contributed by atoms with E-state index >= 15 is 0 Å². The van der Waals surface area contributed by atoms with E-state index in [4.69, 9.17) is 9.15 Å². The molecule has 0 radical (unpaired) electrons. The normalized spacial score (nSPS) is 11.5. The third-order valence-electron chi connectivity index (χ3n) is 5.97. The fourth-order valence-corrected chi connectivity index (χ4v) is 5.36. The van der Waals surface area contributed by atoms with Crippen LogP contribution in [0.3, 0.4) is 0 Å². The number of thiophene rings is 1. The van der Waals surface area contributed by atoms with Crippen LogP contribution in [0.1, 0.15) is 21.8 Å². The number of nitrogens with zero attached hydrogens (tertiary/aromatic N) is 2. The summed E-state index contributed by atoms with van der Waals surface area (Å²) in [6, 6.07) is 16.0. The summed E-state index contributed by atoms with van der Waals surface area (Å²) in [6.45, 7) is 3.92. The van der Waals surface area contributed by atoms with Gasteiger partial charge in [-0.2, -0.15) is 0 Å². The van der Waals surface area contributed by atoms with E-state index in [9.17, 15) is 4.79 Å². The second-order valence-corrected chi connectivity index (χ2v) is 9.07. The Morgan fingerprint density at radius 3 is 2.85 bits per heavy atom. The molecule has 0 aliphatic carbocycles. The second kappa shape index (κ2) is 9.21. The molecular weight excluding hydrogens is 434 g/mol. The molecule has 1 N–H and O–H groups in total. The summed E-state index contributed by atoms with van der Waals surface area (Å²) in [4.78, 5) is 20.1. The van der Waals surface area contributed by atoms with Crippen LogP contribution in [0, 0.1) is 6.92 Å². The maximum Gasteiger partial charge on any atom is 0.262 e. The SMILES string of the molecule is COc1ccc2ccccc2c1Cn1cnc2sc(CCNCc3ccco3)c(C)c2c1=O. The number of methoxy groups -OCH3 is 1. The van der Waals surface area contributed by atoms with Crippen molar-refractivity contribution < 1.29 is 9.15 Å². The Labute approximate surface area is 195 Å². The average Bonchev–Trinajstić information content (AvgIpc) is 3.47. The van der Waals surface area contributed by atoms with Gasteiger partial charge in [-0.3, -0.25) is 9.36 Å². The van der Waals surface area contributed by atoms with Gasteiger partial charge in [-0.25, -0.2) is 4.98 Å². The van der Waals surface area contributed by atoms with Crippen LogP contribution in [0.25, 0.3) is 21.0 Å². The van der Waals surface area contributed by atoms with Crippen molar-refractivity contribution in [2.24, 2.45) is 0 Å². The van der Waals surface area contributed by atoms with Crippen LogP contribution < -0.4 is 15.6 Å². The molecule has 0 aliphatic heterocycles. The highest BCUT2D eigenvalue weighted by molar-refractivity contribution is 7.18. The van der Waals surface area contributed by atoms with Gasteiger partial charge in [-0.1, -0.05) is 30.3 Å². The van der Waals surface area contributed by atoms with E-state index in [-0.39, 0.29) is 5.56 Å². The van der Waals surface area contributed by atoms with Crippen LogP contribution in [0.5, 0.6) is 5.75 Å². The van der Waals surface area contributed by atoms with Gasteiger partial charge in [-0.15, -0.1) is 11.3 Å². The third kappa shape index (κ3) is 4.17. The highest BCUT2D eigenvalue weighted by Gasteiger charge is 2.16. The molecule has 5 aromatic rings. The Morgan fingerprint density at radius 2 is 2.03 bits per heavy atom. The summed E-state index contributed by atoms with van der Waals surface area (Å²) in [5, 5.41) is 6.30. The average molecular weight is 460 g/mol. The zero-order chi connectivity index (χ0) is 22.8. The number of aryl methyl sites for hydroxylation is 1. The minimum absolute atomic E-state index is 0.0152. The molecule has 3 heterocycles. The minimum Gasteiger partial charge on any atom is -0.496 e. The first-order valence-electron chi connectivity index (χ1n) is 10.9. The van der Waals surface area contributed by atoms with Crippen molar-refractivity contribution in [3.8, 4) is 5.75 Å². The van der Waals surface area contributed by atoms with Crippen molar-refractivity contribution in [1.29, 1.82) is 0 Å². The van der Waals surface area contributed by atoms with Gasteiger partial charge in [0.2, 0.25) is 0 Å². The first kappa shape index (κ1) is 21.4. The standard InChI is InChI=1S/C26H25N3O3S/c1-17-23(11-12-27-14-19-7-5-13-32-19)33-25-24(17)26(30)29(16-28-25)15-21-20-8-4-3-6-18(20)9-10-22(21)31-2/h3-10,13,16,27H,11-12,14-15H2,1-2H3. The summed E-state index contributed by atoms with van der Waals surface area (Å²) in [5.74, 6) is 1.68. The van der Waals surface area contributed by atoms with Gasteiger partial charge in [0, 0.05) is 17.0 Å². The molecule has 0 fully saturated rings. The lowest BCUT2D eigenvalue weighted by Gasteiger charge is -2.13. The van der Waals surface area contributed by atoms with E-state index in [0.717, 1.165) is 51.2 Å². The molecule has 168 valence electrons. The van der Waals surface area contributed by atoms with Crippen molar-refractivity contribution in [3.63, 3.8) is 0 Å². The second-order valence-electron chi connectivity index (χ2n) is 7.98. The van der Waals surface area contributed by atoms with Gasteiger partial charge >= 0.3 is 0 Å². The molecule has 0 bridgehead atoms. The van der Waals surface area contributed by atoms with E-state index < -0.39 is 0 Å². The van der Waals surface area contributed by atoms with Crippen LogP contribution in [0.2, 0.25) is 0 Å². The number of hydrogen-bond donors (Lipinski definition) is 1. The fourth-order valence-electron chi connectivity index (χ4n) is 4.22. The van der Waals surface area contributed by atoms with Gasteiger partial charge in [0.1, 0.15) is 16.3 Å². The molecule has 2 aromatic carbocycles. The van der Waals surface area contributed by atoms with Crippen LogP contribution >= 0.6 is 11.3 Å². The minimum atomic E-state index is -0.0152. The summed E-state index contributed by atoms with van der Waals surface area (Å²) >= 11 is 1.60. The molecule has 0 saturated carbocycles. The fraction of sp³-hybridized carbons (Fsp3) is 0.231. The van der Waals surface area contributed by atoms with Crippen molar-refractivity contribution in [3.05, 3.63) is 93.2 Å². The Bertz CT molecular complexity index is 1470. The molecule has 0 unspecified atom stereocenters. The molecule has 0 atom stereocenters. The zero-order valence-corrected chi connectivity index (χ0v) is 19.4. The van der Waals surface area contributed by atoms with Gasteiger partial charge in [0.25, 0.3) is 5.56 Å². The largest absolute Gasteiger partial charge is 0.496 e. The van der Waals surface area contributed by atoms with Crippen molar-refractivity contribution in [2.75, 3.05) is 13.7 Å². The molecule has 7 heteroatoms. The number of nitrogens with one attached hydrogen (secondary N) is 1. The maximum atomic E-state index is 13.4. The summed E-state index contributed by atoms with van der Waals surface area (Å²) in [6.07, 6.45) is 4.17. The topological polar surface area (TPSA) is 69.3 Å². The number of hydrogen-bond acceptors (Lipinski definition) is 6. The lowest BCUT2D eigenvalue weighted by Crippen LogP contribution is -2.21. The number of ether oxygens (including phenoxy) is 1. The molecule has 0 saturated heterocycles. The van der Waals surface area contributed by atoms with Gasteiger partial charge in [-0.05, 0) is 47.9 Å². The summed E-state index contributed by atoms with van der Waals surface area (Å²) in [7, 11) is 1.66. The molecule has 0 amide bonds. The first-order chi connectivity index (χ1) is 16.2. The van der Waals surface area contributed by atoms with Crippen LogP contribution in [-0.2, 0) is 19.5 Å². The predicted octanol–water partition coefficient (Wildman–Crippen LogP) is 4.90. The monoisotopic (exact) mass is 459 g/mol. The molecule has 6 nitrogen and oxygen atoms in total. The Morgan fingerprint density at radius 1 is 1.15 bits per heavy atom. The Hall–Kier alpha value is -3.42. The molecule has 0 spiro atoms.